The molecular weight excluding hydrogens is 200 g/mol. The van der Waals surface area contributed by atoms with E-state index in [1.54, 1.807) is 0 Å². The lowest BCUT2D eigenvalue weighted by Gasteiger charge is -2.13. The van der Waals surface area contributed by atoms with Crippen molar-refractivity contribution in [1.82, 2.24) is 0 Å². The molecular formula is C14H20O2. The fraction of sp³-hybridized carbons (Fsp3) is 0.571. The molecule has 1 aromatic rings. The average molecular weight is 220 g/mol. The number of hydrogen-bond donors (Lipinski definition) is 1. The molecule has 2 nitrogen and oxygen atoms in total. The largest absolute Gasteiger partial charge is 0.393 e. The van der Waals surface area contributed by atoms with Crippen LogP contribution in [0, 0.1) is 0 Å². The summed E-state index contributed by atoms with van der Waals surface area (Å²) in [6, 6.07) is 10.2. The van der Waals surface area contributed by atoms with Crippen LogP contribution in [-0.4, -0.2) is 23.9 Å². The van der Waals surface area contributed by atoms with E-state index in [1.165, 1.54) is 12.0 Å². The first-order valence-corrected chi connectivity index (χ1v) is 6.18. The third-order valence-electron chi connectivity index (χ3n) is 3.16. The predicted octanol–water partition coefficient (Wildman–Crippen LogP) is 2.55. The molecule has 1 heterocycles. The van der Waals surface area contributed by atoms with E-state index in [4.69, 9.17) is 4.74 Å². The van der Waals surface area contributed by atoms with E-state index in [-0.39, 0.29) is 6.10 Å². The fourth-order valence-corrected chi connectivity index (χ4v) is 2.24. The lowest BCUT2D eigenvalue weighted by atomic mass is 10.0. The van der Waals surface area contributed by atoms with Crippen LogP contribution in [0.2, 0.25) is 0 Å². The maximum absolute atomic E-state index is 9.91. The second-order valence-electron chi connectivity index (χ2n) is 4.56. The van der Waals surface area contributed by atoms with E-state index < -0.39 is 0 Å². The minimum Gasteiger partial charge on any atom is -0.393 e. The Kier molecular flexibility index (Phi) is 4.37. The van der Waals surface area contributed by atoms with Gasteiger partial charge in [-0.05, 0) is 37.7 Å². The van der Waals surface area contributed by atoms with Crippen LogP contribution in [0.3, 0.4) is 0 Å². The van der Waals surface area contributed by atoms with Crippen molar-refractivity contribution in [1.29, 1.82) is 0 Å². The summed E-state index contributed by atoms with van der Waals surface area (Å²) >= 11 is 0. The number of benzene rings is 1. The highest BCUT2D eigenvalue weighted by atomic mass is 16.5. The number of aliphatic hydroxyl groups is 1. The Morgan fingerprint density at radius 1 is 1.31 bits per heavy atom. The van der Waals surface area contributed by atoms with E-state index >= 15 is 0 Å². The third-order valence-corrected chi connectivity index (χ3v) is 3.16. The van der Waals surface area contributed by atoms with Crippen LogP contribution in [0.1, 0.15) is 31.2 Å². The van der Waals surface area contributed by atoms with Gasteiger partial charge in [0.2, 0.25) is 0 Å². The molecule has 0 radical (unpaired) electrons. The zero-order valence-corrected chi connectivity index (χ0v) is 9.64. The Morgan fingerprint density at radius 2 is 2.12 bits per heavy atom. The molecule has 2 rings (SSSR count). The summed E-state index contributed by atoms with van der Waals surface area (Å²) in [5, 5.41) is 9.91. The van der Waals surface area contributed by atoms with Crippen LogP contribution >= 0.6 is 0 Å². The highest BCUT2D eigenvalue weighted by Crippen LogP contribution is 2.18. The molecule has 1 aromatic carbocycles. The first-order chi connectivity index (χ1) is 7.84. The van der Waals surface area contributed by atoms with Crippen molar-refractivity contribution in [3.05, 3.63) is 35.9 Å². The molecule has 16 heavy (non-hydrogen) atoms. The molecule has 0 aliphatic carbocycles. The molecule has 0 bridgehead atoms. The molecule has 1 aliphatic rings. The normalized spacial score (nSPS) is 22.2. The standard InChI is InChI=1S/C14H20O2/c15-13(8-9-14-7-4-10-16-14)11-12-5-2-1-3-6-12/h1-3,5-6,13-15H,4,7-11H2. The SMILES string of the molecule is OC(CCC1CCCO1)Cc1ccccc1. The van der Waals surface area contributed by atoms with Crippen molar-refractivity contribution in [2.24, 2.45) is 0 Å². The zero-order valence-electron chi connectivity index (χ0n) is 9.64. The first-order valence-electron chi connectivity index (χ1n) is 6.18. The number of hydrogen-bond acceptors (Lipinski definition) is 2. The number of aliphatic hydroxyl groups excluding tert-OH is 1. The van der Waals surface area contributed by atoms with Crippen LogP contribution in [0.15, 0.2) is 30.3 Å². The highest BCUT2D eigenvalue weighted by molar-refractivity contribution is 5.15. The molecule has 1 saturated heterocycles. The molecule has 0 amide bonds. The molecule has 0 saturated carbocycles. The summed E-state index contributed by atoms with van der Waals surface area (Å²) in [7, 11) is 0. The molecule has 2 heteroatoms. The van der Waals surface area contributed by atoms with Crippen molar-refractivity contribution in [2.75, 3.05) is 6.61 Å². The predicted molar refractivity (Wildman–Crippen MR) is 64.4 cm³/mol. The molecule has 2 unspecified atom stereocenters. The van der Waals surface area contributed by atoms with E-state index in [1.807, 2.05) is 18.2 Å². The summed E-state index contributed by atoms with van der Waals surface area (Å²) in [4.78, 5) is 0. The first kappa shape index (κ1) is 11.6. The zero-order chi connectivity index (χ0) is 11.2. The van der Waals surface area contributed by atoms with Crippen molar-refractivity contribution in [3.8, 4) is 0 Å². The number of ether oxygens (including phenoxy) is 1. The minimum absolute atomic E-state index is 0.230. The van der Waals surface area contributed by atoms with Crippen molar-refractivity contribution >= 4 is 0 Å². The van der Waals surface area contributed by atoms with Gasteiger partial charge in [0.1, 0.15) is 0 Å². The van der Waals surface area contributed by atoms with Gasteiger partial charge in [0.05, 0.1) is 12.2 Å². The van der Waals surface area contributed by atoms with Crippen LogP contribution in [0.4, 0.5) is 0 Å². The second-order valence-corrected chi connectivity index (χ2v) is 4.56. The van der Waals surface area contributed by atoms with Crippen molar-refractivity contribution in [3.63, 3.8) is 0 Å². The van der Waals surface area contributed by atoms with Crippen LogP contribution in [0.25, 0.3) is 0 Å². The van der Waals surface area contributed by atoms with Gasteiger partial charge in [-0.2, -0.15) is 0 Å². The van der Waals surface area contributed by atoms with Gasteiger partial charge in [0, 0.05) is 6.61 Å². The van der Waals surface area contributed by atoms with E-state index in [0.29, 0.717) is 6.10 Å². The molecule has 88 valence electrons. The maximum atomic E-state index is 9.91. The van der Waals surface area contributed by atoms with Gasteiger partial charge in [-0.25, -0.2) is 0 Å². The average Bonchev–Trinajstić information content (AvgIpc) is 2.81. The summed E-state index contributed by atoms with van der Waals surface area (Å²) in [5.41, 5.74) is 1.21. The van der Waals surface area contributed by atoms with Gasteiger partial charge in [-0.3, -0.25) is 0 Å². The van der Waals surface area contributed by atoms with Gasteiger partial charge in [-0.1, -0.05) is 30.3 Å². The summed E-state index contributed by atoms with van der Waals surface area (Å²) in [6.07, 6.45) is 5.11. The van der Waals surface area contributed by atoms with Gasteiger partial charge in [0.25, 0.3) is 0 Å². The fourth-order valence-electron chi connectivity index (χ4n) is 2.24. The van der Waals surface area contributed by atoms with Gasteiger partial charge in [0.15, 0.2) is 0 Å². The van der Waals surface area contributed by atoms with E-state index in [0.717, 1.165) is 32.3 Å². The molecule has 1 N–H and O–H groups in total. The van der Waals surface area contributed by atoms with Crippen LogP contribution in [0.5, 0.6) is 0 Å². The minimum atomic E-state index is -0.230. The highest BCUT2D eigenvalue weighted by Gasteiger charge is 2.16. The molecule has 1 aliphatic heterocycles. The van der Waals surface area contributed by atoms with E-state index in [9.17, 15) is 5.11 Å². The molecule has 2 atom stereocenters. The van der Waals surface area contributed by atoms with E-state index in [2.05, 4.69) is 12.1 Å². The smallest absolute Gasteiger partial charge is 0.0581 e. The van der Waals surface area contributed by atoms with Gasteiger partial charge < -0.3 is 9.84 Å². The third kappa shape index (κ3) is 3.62. The summed E-state index contributed by atoms with van der Waals surface area (Å²) in [6.45, 7) is 0.902. The van der Waals surface area contributed by atoms with Crippen molar-refractivity contribution < 1.29 is 9.84 Å². The van der Waals surface area contributed by atoms with Gasteiger partial charge in [-0.15, -0.1) is 0 Å². The second kappa shape index (κ2) is 6.02. The Labute approximate surface area is 97.3 Å². The quantitative estimate of drug-likeness (QED) is 0.826. The van der Waals surface area contributed by atoms with Crippen LogP contribution in [-0.2, 0) is 11.2 Å². The maximum Gasteiger partial charge on any atom is 0.0581 e. The van der Waals surface area contributed by atoms with Crippen molar-refractivity contribution in [2.45, 2.75) is 44.3 Å². The lowest BCUT2D eigenvalue weighted by Crippen LogP contribution is -2.14. The summed E-state index contributed by atoms with van der Waals surface area (Å²) < 4.78 is 5.54. The van der Waals surface area contributed by atoms with Gasteiger partial charge >= 0.3 is 0 Å². The Bertz CT molecular complexity index is 291. The Morgan fingerprint density at radius 3 is 2.81 bits per heavy atom. The molecule has 0 aromatic heterocycles. The molecule has 0 spiro atoms. The molecule has 1 fully saturated rings. The summed E-state index contributed by atoms with van der Waals surface area (Å²) in [5.74, 6) is 0. The Balaban J connectivity index is 1.69. The topological polar surface area (TPSA) is 29.5 Å². The van der Waals surface area contributed by atoms with Crippen LogP contribution < -0.4 is 0 Å². The Hall–Kier alpha value is -0.860. The lowest BCUT2D eigenvalue weighted by molar-refractivity contribution is 0.0813. The monoisotopic (exact) mass is 220 g/mol. The number of rotatable bonds is 5.